The summed E-state index contributed by atoms with van der Waals surface area (Å²) >= 11 is 0. The van der Waals surface area contributed by atoms with Gasteiger partial charge in [0, 0.05) is 6.42 Å². The van der Waals surface area contributed by atoms with Crippen LogP contribution in [0.3, 0.4) is 0 Å². The summed E-state index contributed by atoms with van der Waals surface area (Å²) in [7, 11) is 0. The summed E-state index contributed by atoms with van der Waals surface area (Å²) in [5.41, 5.74) is 0. The van der Waals surface area contributed by atoms with Crippen LogP contribution in [0.15, 0.2) is 0 Å². The maximum absolute atomic E-state index is 5.21. The van der Waals surface area contributed by atoms with Crippen LogP contribution < -0.4 is 0 Å². The normalized spacial score (nSPS) is 13.0. The minimum absolute atomic E-state index is 0.721. The SMILES string of the molecule is C#CC[C@@H](C)CCCC(C)C. The molecule has 0 amide bonds. The Hall–Kier alpha value is -0.440. The molecule has 0 aliphatic carbocycles. The molecular weight excluding hydrogens is 132 g/mol. The molecule has 0 aromatic heterocycles. The van der Waals surface area contributed by atoms with Crippen molar-refractivity contribution in [2.75, 3.05) is 0 Å². The summed E-state index contributed by atoms with van der Waals surface area (Å²) in [5, 5.41) is 0. The van der Waals surface area contributed by atoms with Gasteiger partial charge in [0.25, 0.3) is 0 Å². The van der Waals surface area contributed by atoms with Gasteiger partial charge in [0.2, 0.25) is 0 Å². The Kier molecular flexibility index (Phi) is 6.03. The van der Waals surface area contributed by atoms with E-state index in [1.54, 1.807) is 0 Å². The minimum Gasteiger partial charge on any atom is -0.120 e. The molecule has 0 heteroatoms. The molecule has 0 N–H and O–H groups in total. The second kappa shape index (κ2) is 6.28. The van der Waals surface area contributed by atoms with Crippen LogP contribution in [0.25, 0.3) is 0 Å². The van der Waals surface area contributed by atoms with Crippen LogP contribution >= 0.6 is 0 Å². The Labute approximate surface area is 71.4 Å². The fourth-order valence-corrected chi connectivity index (χ4v) is 1.18. The van der Waals surface area contributed by atoms with E-state index in [1.807, 2.05) is 0 Å². The van der Waals surface area contributed by atoms with Crippen LogP contribution in [0.5, 0.6) is 0 Å². The Morgan fingerprint density at radius 3 is 2.27 bits per heavy atom. The van der Waals surface area contributed by atoms with Crippen molar-refractivity contribution in [3.63, 3.8) is 0 Å². The molecule has 0 unspecified atom stereocenters. The first-order valence-corrected chi connectivity index (χ1v) is 4.60. The molecule has 0 fully saturated rings. The van der Waals surface area contributed by atoms with Crippen LogP contribution in [0, 0.1) is 24.2 Å². The van der Waals surface area contributed by atoms with E-state index in [0.717, 1.165) is 18.3 Å². The van der Waals surface area contributed by atoms with Crippen molar-refractivity contribution in [2.24, 2.45) is 11.8 Å². The van der Waals surface area contributed by atoms with Gasteiger partial charge in [-0.1, -0.05) is 33.6 Å². The average Bonchev–Trinajstić information content (AvgIpc) is 1.87. The van der Waals surface area contributed by atoms with Crippen molar-refractivity contribution >= 4 is 0 Å². The maximum atomic E-state index is 5.21. The Bertz CT molecular complexity index is 116. The zero-order valence-electron chi connectivity index (χ0n) is 8.06. The van der Waals surface area contributed by atoms with Gasteiger partial charge in [-0.2, -0.15) is 0 Å². The smallest absolute Gasteiger partial charge is 0.0112 e. The molecule has 0 nitrogen and oxygen atoms in total. The summed E-state index contributed by atoms with van der Waals surface area (Å²) in [4.78, 5) is 0. The number of hydrogen-bond donors (Lipinski definition) is 0. The number of rotatable bonds is 5. The molecule has 0 aromatic rings. The van der Waals surface area contributed by atoms with Crippen LogP contribution in [-0.2, 0) is 0 Å². The highest BCUT2D eigenvalue weighted by atomic mass is 14.1. The van der Waals surface area contributed by atoms with Crippen LogP contribution in [0.1, 0.15) is 46.5 Å². The standard InChI is InChI=1S/C11H20/c1-5-7-11(4)9-6-8-10(2)3/h1,10-11H,6-9H2,2-4H3/t11-/m1/s1. The summed E-state index contributed by atoms with van der Waals surface area (Å²) in [6.45, 7) is 6.78. The second-order valence-electron chi connectivity index (χ2n) is 3.84. The lowest BCUT2D eigenvalue weighted by atomic mass is 9.98. The molecule has 1 atom stereocenters. The van der Waals surface area contributed by atoms with Crippen molar-refractivity contribution in [3.8, 4) is 12.3 Å². The van der Waals surface area contributed by atoms with E-state index in [9.17, 15) is 0 Å². The van der Waals surface area contributed by atoms with E-state index in [0.29, 0.717) is 0 Å². The summed E-state index contributed by atoms with van der Waals surface area (Å²) < 4.78 is 0. The summed E-state index contributed by atoms with van der Waals surface area (Å²) in [5.74, 6) is 4.27. The molecule has 64 valence electrons. The van der Waals surface area contributed by atoms with Gasteiger partial charge in [0.15, 0.2) is 0 Å². The van der Waals surface area contributed by atoms with Gasteiger partial charge in [-0.15, -0.1) is 12.3 Å². The van der Waals surface area contributed by atoms with Gasteiger partial charge in [0.1, 0.15) is 0 Å². The zero-order valence-corrected chi connectivity index (χ0v) is 8.06. The quantitative estimate of drug-likeness (QED) is 0.529. The molecule has 11 heavy (non-hydrogen) atoms. The monoisotopic (exact) mass is 152 g/mol. The lowest BCUT2D eigenvalue weighted by Gasteiger charge is -2.08. The lowest BCUT2D eigenvalue weighted by molar-refractivity contribution is 0.464. The molecule has 0 heterocycles. The maximum Gasteiger partial charge on any atom is 0.0112 e. The second-order valence-corrected chi connectivity index (χ2v) is 3.84. The van der Waals surface area contributed by atoms with Crippen LogP contribution in [0.4, 0.5) is 0 Å². The molecule has 0 radical (unpaired) electrons. The van der Waals surface area contributed by atoms with Gasteiger partial charge in [-0.25, -0.2) is 0 Å². The molecule has 0 bridgehead atoms. The van der Waals surface area contributed by atoms with Crippen LogP contribution in [0.2, 0.25) is 0 Å². The minimum atomic E-state index is 0.721. The van der Waals surface area contributed by atoms with Gasteiger partial charge >= 0.3 is 0 Å². The molecule has 0 spiro atoms. The predicted octanol–water partition coefficient (Wildman–Crippen LogP) is 3.47. The molecular formula is C11H20. The third-order valence-electron chi connectivity index (χ3n) is 1.94. The Balaban J connectivity index is 3.18. The Morgan fingerprint density at radius 1 is 1.18 bits per heavy atom. The predicted molar refractivity (Wildman–Crippen MR) is 51.3 cm³/mol. The number of hydrogen-bond acceptors (Lipinski definition) is 0. The first-order chi connectivity index (χ1) is 5.16. The van der Waals surface area contributed by atoms with Gasteiger partial charge in [-0.3, -0.25) is 0 Å². The van der Waals surface area contributed by atoms with Gasteiger partial charge in [0.05, 0.1) is 0 Å². The lowest BCUT2D eigenvalue weighted by Crippen LogP contribution is -1.94. The largest absolute Gasteiger partial charge is 0.120 e. The molecule has 0 saturated carbocycles. The summed E-state index contributed by atoms with van der Waals surface area (Å²) in [6, 6.07) is 0. The van der Waals surface area contributed by atoms with Crippen LogP contribution in [-0.4, -0.2) is 0 Å². The molecule has 0 rings (SSSR count). The fourth-order valence-electron chi connectivity index (χ4n) is 1.18. The topological polar surface area (TPSA) is 0 Å². The van der Waals surface area contributed by atoms with Crippen molar-refractivity contribution in [3.05, 3.63) is 0 Å². The molecule has 0 aromatic carbocycles. The van der Waals surface area contributed by atoms with Crippen molar-refractivity contribution < 1.29 is 0 Å². The van der Waals surface area contributed by atoms with Gasteiger partial charge < -0.3 is 0 Å². The van der Waals surface area contributed by atoms with E-state index in [1.165, 1.54) is 19.3 Å². The van der Waals surface area contributed by atoms with Crippen molar-refractivity contribution in [2.45, 2.75) is 46.5 Å². The molecule has 0 aliphatic heterocycles. The fraction of sp³-hybridized carbons (Fsp3) is 0.818. The number of terminal acetylenes is 1. The molecule has 0 aliphatic rings. The van der Waals surface area contributed by atoms with Gasteiger partial charge in [-0.05, 0) is 18.3 Å². The van der Waals surface area contributed by atoms with E-state index >= 15 is 0 Å². The highest BCUT2D eigenvalue weighted by molar-refractivity contribution is 4.85. The van der Waals surface area contributed by atoms with E-state index in [-0.39, 0.29) is 0 Å². The summed E-state index contributed by atoms with van der Waals surface area (Å²) in [6.07, 6.45) is 10.1. The first-order valence-electron chi connectivity index (χ1n) is 4.60. The Morgan fingerprint density at radius 2 is 1.82 bits per heavy atom. The molecule has 0 saturated heterocycles. The third kappa shape index (κ3) is 7.46. The van der Waals surface area contributed by atoms with Crippen molar-refractivity contribution in [1.29, 1.82) is 0 Å². The average molecular weight is 152 g/mol. The van der Waals surface area contributed by atoms with Crippen molar-refractivity contribution in [1.82, 2.24) is 0 Å². The highest BCUT2D eigenvalue weighted by Crippen LogP contribution is 2.14. The highest BCUT2D eigenvalue weighted by Gasteiger charge is 2.00. The third-order valence-corrected chi connectivity index (χ3v) is 1.94. The van der Waals surface area contributed by atoms with E-state index in [4.69, 9.17) is 6.42 Å². The zero-order chi connectivity index (χ0) is 8.69. The van der Waals surface area contributed by atoms with E-state index in [2.05, 4.69) is 26.7 Å². The van der Waals surface area contributed by atoms with E-state index < -0.39 is 0 Å². The first kappa shape index (κ1) is 10.6.